The SMILES string of the molecule is C.C.C.C.C=C.C=C.C=C.C=C(C)C(=O)OC[Si](C)(C)O.C=C(C)C(=O)OC[Si](C)(C)O[Si](C)(C)O[Si](C)(O[Si](C)(C)COC(=O)C(=C)C)c1ccccc1.C[Si]1(C)CCCCO1.C[Si]1(c2ccccc2)CCCCO1. The summed E-state index contributed by atoms with van der Waals surface area (Å²) >= 11 is 0. The lowest BCUT2D eigenvalue weighted by Crippen LogP contribution is -2.64. The lowest BCUT2D eigenvalue weighted by molar-refractivity contribution is -0.138. The zero-order chi connectivity index (χ0) is 56.6. The molecule has 1 N–H and O–H groups in total. The minimum Gasteiger partial charge on any atom is -0.463 e. The molecular weight excluding hydrogens is 1070 g/mol. The second-order valence-electron chi connectivity index (χ2n) is 20.4. The number of ether oxygens (including phenoxy) is 3. The third-order valence-electron chi connectivity index (χ3n) is 9.95. The topological polar surface area (TPSA) is 145 Å². The molecule has 2 unspecified atom stereocenters. The third kappa shape index (κ3) is 39.9. The van der Waals surface area contributed by atoms with Crippen LogP contribution in [0.15, 0.2) is 137 Å². The maximum absolute atomic E-state index is 11.9. The zero-order valence-electron chi connectivity index (χ0n) is 47.4. The number of benzene rings is 2. The lowest BCUT2D eigenvalue weighted by Gasteiger charge is -2.42. The van der Waals surface area contributed by atoms with E-state index < -0.39 is 76.6 Å². The van der Waals surface area contributed by atoms with Gasteiger partial charge in [-0.15, -0.1) is 39.5 Å². The smallest absolute Gasteiger partial charge is 0.350 e. The molecular formula is C57H112O12Si7. The van der Waals surface area contributed by atoms with E-state index in [1.54, 1.807) is 33.9 Å². The van der Waals surface area contributed by atoms with Gasteiger partial charge in [0.25, 0.3) is 0 Å². The van der Waals surface area contributed by atoms with E-state index in [9.17, 15) is 19.2 Å². The molecule has 2 saturated heterocycles. The fraction of sp³-hybridized carbons (Fsp3) is 0.526. The fourth-order valence-electron chi connectivity index (χ4n) is 6.74. The van der Waals surface area contributed by atoms with Gasteiger partial charge in [-0.05, 0) is 135 Å². The second-order valence-corrected chi connectivity index (χ2v) is 47.8. The summed E-state index contributed by atoms with van der Waals surface area (Å²) in [6.45, 7) is 59.8. The van der Waals surface area contributed by atoms with Crippen LogP contribution in [0.5, 0.6) is 0 Å². The number of hydrogen-bond donors (Lipinski definition) is 1. The van der Waals surface area contributed by atoms with Crippen LogP contribution in [0.4, 0.5) is 0 Å². The maximum Gasteiger partial charge on any atom is 0.350 e. The van der Waals surface area contributed by atoms with Crippen LogP contribution in [0.2, 0.25) is 90.7 Å². The van der Waals surface area contributed by atoms with Crippen molar-refractivity contribution in [2.75, 3.05) is 31.9 Å². The van der Waals surface area contributed by atoms with Gasteiger partial charge in [0.1, 0.15) is 18.7 Å². The summed E-state index contributed by atoms with van der Waals surface area (Å²) in [4.78, 5) is 43.8. The Morgan fingerprint density at radius 2 is 0.882 bits per heavy atom. The summed E-state index contributed by atoms with van der Waals surface area (Å²) in [5.74, 6) is -1.28. The molecule has 2 aliphatic rings. The van der Waals surface area contributed by atoms with Gasteiger partial charge in [-0.2, -0.15) is 0 Å². The van der Waals surface area contributed by atoms with Gasteiger partial charge in [-0.25, -0.2) is 14.4 Å². The van der Waals surface area contributed by atoms with Crippen LogP contribution >= 0.6 is 0 Å². The molecule has 0 bridgehead atoms. The number of hydrogen-bond acceptors (Lipinski definition) is 12. The predicted octanol–water partition coefficient (Wildman–Crippen LogP) is 14.5. The van der Waals surface area contributed by atoms with Gasteiger partial charge >= 0.3 is 35.0 Å². The van der Waals surface area contributed by atoms with Crippen molar-refractivity contribution < 1.29 is 54.6 Å². The van der Waals surface area contributed by atoms with Gasteiger partial charge in [-0.3, -0.25) is 0 Å². The number of esters is 3. The van der Waals surface area contributed by atoms with Gasteiger partial charge in [0.15, 0.2) is 8.32 Å². The molecule has 0 amide bonds. The van der Waals surface area contributed by atoms with E-state index in [0.29, 0.717) is 16.7 Å². The molecule has 2 aliphatic heterocycles. The first kappa shape index (κ1) is 86.5. The molecule has 0 aliphatic carbocycles. The minimum atomic E-state index is -2.97. The average molecular weight is 1190 g/mol. The van der Waals surface area contributed by atoms with E-state index in [-0.39, 0.29) is 48.4 Å². The molecule has 2 atom stereocenters. The van der Waals surface area contributed by atoms with Crippen LogP contribution in [0.3, 0.4) is 0 Å². The highest BCUT2D eigenvalue weighted by Gasteiger charge is 2.48. The summed E-state index contributed by atoms with van der Waals surface area (Å²) in [5, 5.41) is 2.42. The van der Waals surface area contributed by atoms with Crippen molar-refractivity contribution in [3.8, 4) is 0 Å². The summed E-state index contributed by atoms with van der Waals surface area (Å²) in [7, 11) is -15.4. The van der Waals surface area contributed by atoms with E-state index >= 15 is 0 Å². The lowest BCUT2D eigenvalue weighted by atomic mass is 10.3. The molecule has 0 aromatic heterocycles. The van der Waals surface area contributed by atoms with Crippen LogP contribution in [0.25, 0.3) is 0 Å². The van der Waals surface area contributed by atoms with Crippen LogP contribution in [-0.4, -0.2) is 113 Å². The monoisotopic (exact) mass is 1180 g/mol. The van der Waals surface area contributed by atoms with Crippen molar-refractivity contribution in [1.29, 1.82) is 0 Å². The molecule has 2 fully saturated rings. The average Bonchev–Trinajstić information content (AvgIpc) is 3.31. The van der Waals surface area contributed by atoms with Gasteiger partial charge in [0, 0.05) is 29.9 Å². The van der Waals surface area contributed by atoms with Crippen molar-refractivity contribution >= 4 is 87.0 Å². The molecule has 2 heterocycles. The molecule has 4 rings (SSSR count). The zero-order valence-corrected chi connectivity index (χ0v) is 54.4. The first-order valence-corrected chi connectivity index (χ1v) is 44.7. The highest BCUT2D eigenvalue weighted by molar-refractivity contribution is 6.95. The van der Waals surface area contributed by atoms with Crippen molar-refractivity contribution in [3.05, 3.63) is 137 Å². The Balaban J connectivity index is -0.000000185. The molecule has 0 saturated carbocycles. The van der Waals surface area contributed by atoms with Crippen molar-refractivity contribution in [3.63, 3.8) is 0 Å². The largest absolute Gasteiger partial charge is 0.463 e. The Hall–Kier alpha value is -3.43. The minimum absolute atomic E-state index is 0. The molecule has 2 aromatic carbocycles. The summed E-state index contributed by atoms with van der Waals surface area (Å²) in [6, 6.07) is 23.2. The van der Waals surface area contributed by atoms with E-state index in [4.69, 9.17) is 35.4 Å². The van der Waals surface area contributed by atoms with Crippen LogP contribution in [0.1, 0.15) is 76.2 Å². The molecule has 12 nitrogen and oxygen atoms in total. The van der Waals surface area contributed by atoms with Gasteiger partial charge in [0.2, 0.25) is 33.3 Å². The molecule has 0 radical (unpaired) electrons. The van der Waals surface area contributed by atoms with Crippen molar-refractivity contribution in [1.82, 2.24) is 0 Å². The predicted molar refractivity (Wildman–Crippen MR) is 346 cm³/mol. The van der Waals surface area contributed by atoms with Gasteiger partial charge < -0.3 is 40.2 Å². The van der Waals surface area contributed by atoms with Crippen molar-refractivity contribution in [2.24, 2.45) is 0 Å². The van der Waals surface area contributed by atoms with Crippen molar-refractivity contribution in [2.45, 2.75) is 167 Å². The number of carbonyl (C=O) groups is 3. The van der Waals surface area contributed by atoms with Gasteiger partial charge in [-0.1, -0.05) is 123 Å². The molecule has 2 aromatic rings. The van der Waals surface area contributed by atoms with E-state index in [2.05, 4.69) is 109 Å². The van der Waals surface area contributed by atoms with Crippen LogP contribution in [0, 0.1) is 0 Å². The summed E-state index contributed by atoms with van der Waals surface area (Å²) in [6.07, 6.45) is 5.82. The van der Waals surface area contributed by atoms with E-state index in [0.717, 1.165) is 18.4 Å². The Labute approximate surface area is 474 Å². The maximum atomic E-state index is 11.9. The number of carbonyl (C=O) groups excluding carboxylic acids is 3. The molecule has 440 valence electrons. The molecule has 0 spiro atoms. The highest BCUT2D eigenvalue weighted by Crippen LogP contribution is 2.26. The Bertz CT molecular complexity index is 1910. The normalized spacial score (nSPS) is 15.9. The third-order valence-corrected chi connectivity index (χ3v) is 31.6. The molecule has 76 heavy (non-hydrogen) atoms. The Morgan fingerprint density at radius 3 is 1.20 bits per heavy atom. The van der Waals surface area contributed by atoms with E-state index in [1.807, 2.05) is 76.2 Å². The summed E-state index contributed by atoms with van der Waals surface area (Å²) in [5.41, 5.74) is 1.07. The van der Waals surface area contributed by atoms with E-state index in [1.165, 1.54) is 43.0 Å². The van der Waals surface area contributed by atoms with Gasteiger partial charge in [0.05, 0.1) is 0 Å². The summed E-state index contributed by atoms with van der Waals surface area (Å²) < 4.78 is 47.2. The first-order valence-electron chi connectivity index (χ1n) is 24.4. The van der Waals surface area contributed by atoms with Crippen LogP contribution < -0.4 is 10.4 Å². The second kappa shape index (κ2) is 42.5. The quantitative estimate of drug-likeness (QED) is 0.0529. The van der Waals surface area contributed by atoms with Crippen LogP contribution in [-0.2, 0) is 49.8 Å². The first-order chi connectivity index (χ1) is 33.2. The number of rotatable bonds is 17. The standard InChI is InChI=1S/C23H40O7Si4.C11H16OSi.C7H14O3Si.C6H14OSi.3C2H4.4CH4/c1-19(2)22(24)26-17-31(5,6)28-33(9,10)30-34(11,21-15-13-12-14-16-21)29-32(7,8)18-27-23(25)20(3)4;1-13(10-6-5-9-12-13)11-7-3-2-4-8-11;1-6(2)7(8)10-5-11(3,4)9;1-8(2)6-4-3-5-7-8;3*1-2;;;;/h12-16H,1,3,17-18H2,2,4-11H3;2-4,7-8H,5-6,9-10H2,1H3;9H,1,5H2,2-4H3;3-6H2,1-2H3;3*1-2H2;4*1H4. The Morgan fingerprint density at radius 1 is 0.526 bits per heavy atom. The Kier molecular flexibility index (Phi) is 48.4. The highest BCUT2D eigenvalue weighted by atomic mass is 28.5. The fourth-order valence-corrected chi connectivity index (χ4v) is 29.7. The molecule has 19 heteroatoms.